The van der Waals surface area contributed by atoms with Crippen molar-refractivity contribution in [1.29, 1.82) is 0 Å². The summed E-state index contributed by atoms with van der Waals surface area (Å²) in [5, 5.41) is 11.2. The Bertz CT molecular complexity index is 761. The first kappa shape index (κ1) is 24.0. The maximum Gasteiger partial charge on any atom is 0.191 e. The van der Waals surface area contributed by atoms with Gasteiger partial charge < -0.3 is 20.1 Å². The number of ether oxygens (including phenoxy) is 2. The van der Waals surface area contributed by atoms with E-state index in [2.05, 4.69) is 64.5 Å². The van der Waals surface area contributed by atoms with E-state index in [0.29, 0.717) is 25.0 Å². The van der Waals surface area contributed by atoms with Crippen molar-refractivity contribution in [3.05, 3.63) is 51.7 Å². The summed E-state index contributed by atoms with van der Waals surface area (Å²) in [6.07, 6.45) is 1.08. The van der Waals surface area contributed by atoms with Gasteiger partial charge >= 0.3 is 0 Å². The molecule has 29 heavy (non-hydrogen) atoms. The Labute approximate surface area is 195 Å². The smallest absolute Gasteiger partial charge is 0.191 e. The molecule has 1 aromatic carbocycles. The molecule has 1 fully saturated rings. The SMILES string of the molecule is CN=C(NCc1ccc(C)cc1OCC1CCOC1)NCC(C)c1ccsc1.I. The minimum absolute atomic E-state index is 0. The van der Waals surface area contributed by atoms with E-state index >= 15 is 0 Å². The van der Waals surface area contributed by atoms with Gasteiger partial charge in [-0.05, 0) is 53.3 Å². The molecule has 5 nitrogen and oxygen atoms in total. The lowest BCUT2D eigenvalue weighted by Crippen LogP contribution is -2.38. The third kappa shape index (κ3) is 7.46. The summed E-state index contributed by atoms with van der Waals surface area (Å²) < 4.78 is 11.6. The summed E-state index contributed by atoms with van der Waals surface area (Å²) in [6.45, 7) is 8.19. The maximum atomic E-state index is 6.14. The van der Waals surface area contributed by atoms with Crippen LogP contribution < -0.4 is 15.4 Å². The monoisotopic (exact) mass is 529 g/mol. The number of nitrogens with zero attached hydrogens (tertiary/aromatic N) is 1. The Morgan fingerprint density at radius 2 is 2.21 bits per heavy atom. The Morgan fingerprint density at radius 3 is 2.90 bits per heavy atom. The van der Waals surface area contributed by atoms with E-state index in [1.165, 1.54) is 11.1 Å². The Kier molecular flexibility index (Phi) is 10.2. The molecule has 1 aliphatic rings. The molecule has 2 aromatic rings. The highest BCUT2D eigenvalue weighted by Crippen LogP contribution is 2.23. The second kappa shape index (κ2) is 12.4. The summed E-state index contributed by atoms with van der Waals surface area (Å²) in [7, 11) is 1.80. The molecule has 1 saturated heterocycles. The minimum atomic E-state index is 0. The second-order valence-corrected chi connectivity index (χ2v) is 8.20. The van der Waals surface area contributed by atoms with Crippen molar-refractivity contribution in [3.63, 3.8) is 0 Å². The molecule has 3 rings (SSSR count). The summed E-state index contributed by atoms with van der Waals surface area (Å²) in [5.41, 5.74) is 3.70. The van der Waals surface area contributed by atoms with Crippen LogP contribution in [-0.4, -0.2) is 39.4 Å². The van der Waals surface area contributed by atoms with Crippen molar-refractivity contribution in [1.82, 2.24) is 10.6 Å². The van der Waals surface area contributed by atoms with Gasteiger partial charge in [0.1, 0.15) is 5.75 Å². The van der Waals surface area contributed by atoms with Gasteiger partial charge in [0.2, 0.25) is 0 Å². The zero-order valence-electron chi connectivity index (χ0n) is 17.4. The van der Waals surface area contributed by atoms with Gasteiger partial charge in [0.05, 0.1) is 13.2 Å². The highest BCUT2D eigenvalue weighted by Gasteiger charge is 2.17. The van der Waals surface area contributed by atoms with Crippen LogP contribution >= 0.6 is 35.3 Å². The number of hydrogen-bond acceptors (Lipinski definition) is 4. The molecule has 0 radical (unpaired) electrons. The number of halogens is 1. The Balaban J connectivity index is 0.00000300. The molecule has 0 saturated carbocycles. The summed E-state index contributed by atoms with van der Waals surface area (Å²) in [4.78, 5) is 4.35. The van der Waals surface area contributed by atoms with Crippen LogP contribution in [0.5, 0.6) is 5.75 Å². The molecular formula is C22H32IN3O2S. The van der Waals surface area contributed by atoms with E-state index < -0.39 is 0 Å². The van der Waals surface area contributed by atoms with Crippen LogP contribution in [0, 0.1) is 12.8 Å². The molecular weight excluding hydrogens is 497 g/mol. The lowest BCUT2D eigenvalue weighted by Gasteiger charge is -2.18. The minimum Gasteiger partial charge on any atom is -0.493 e. The molecule has 0 aliphatic carbocycles. The number of hydrogen-bond donors (Lipinski definition) is 2. The van der Waals surface area contributed by atoms with Crippen LogP contribution in [0.4, 0.5) is 0 Å². The number of aryl methyl sites for hydroxylation is 1. The molecule has 0 amide bonds. The largest absolute Gasteiger partial charge is 0.493 e. The van der Waals surface area contributed by atoms with Crippen molar-refractivity contribution in [2.24, 2.45) is 10.9 Å². The molecule has 160 valence electrons. The Hall–Kier alpha value is -1.32. The molecule has 7 heteroatoms. The van der Waals surface area contributed by atoms with Gasteiger partial charge in [-0.2, -0.15) is 11.3 Å². The van der Waals surface area contributed by atoms with Crippen molar-refractivity contribution < 1.29 is 9.47 Å². The van der Waals surface area contributed by atoms with Crippen LogP contribution in [0.25, 0.3) is 0 Å². The van der Waals surface area contributed by atoms with Crippen molar-refractivity contribution in [3.8, 4) is 5.75 Å². The van der Waals surface area contributed by atoms with Crippen molar-refractivity contribution in [2.75, 3.05) is 33.4 Å². The lowest BCUT2D eigenvalue weighted by molar-refractivity contribution is 0.166. The van der Waals surface area contributed by atoms with E-state index in [-0.39, 0.29) is 24.0 Å². The van der Waals surface area contributed by atoms with Crippen LogP contribution in [-0.2, 0) is 11.3 Å². The van der Waals surface area contributed by atoms with E-state index in [0.717, 1.165) is 43.5 Å². The number of thiophene rings is 1. The van der Waals surface area contributed by atoms with Crippen molar-refractivity contribution in [2.45, 2.75) is 32.7 Å². The average Bonchev–Trinajstić information content (AvgIpc) is 3.41. The number of nitrogens with one attached hydrogen (secondary N) is 2. The van der Waals surface area contributed by atoms with Gasteiger partial charge in [-0.3, -0.25) is 4.99 Å². The fourth-order valence-corrected chi connectivity index (χ4v) is 3.97. The van der Waals surface area contributed by atoms with Gasteiger partial charge in [-0.1, -0.05) is 19.1 Å². The first-order valence-electron chi connectivity index (χ1n) is 9.92. The number of aliphatic imine (C=N–C) groups is 1. The summed E-state index contributed by atoms with van der Waals surface area (Å²) in [6, 6.07) is 8.54. The van der Waals surface area contributed by atoms with Gasteiger partial charge in [0, 0.05) is 38.2 Å². The zero-order chi connectivity index (χ0) is 19.8. The van der Waals surface area contributed by atoms with E-state index in [4.69, 9.17) is 9.47 Å². The molecule has 2 unspecified atom stereocenters. The fraction of sp³-hybridized carbons (Fsp3) is 0.500. The molecule has 2 N–H and O–H groups in total. The zero-order valence-corrected chi connectivity index (χ0v) is 20.6. The van der Waals surface area contributed by atoms with Crippen molar-refractivity contribution >= 4 is 41.3 Å². The van der Waals surface area contributed by atoms with E-state index in [1.807, 2.05) is 0 Å². The molecule has 1 aliphatic heterocycles. The lowest BCUT2D eigenvalue weighted by atomic mass is 10.1. The van der Waals surface area contributed by atoms with Gasteiger partial charge in [0.15, 0.2) is 5.96 Å². The number of benzene rings is 1. The summed E-state index contributed by atoms with van der Waals surface area (Å²) >= 11 is 1.74. The maximum absolute atomic E-state index is 6.14. The standard InChI is InChI=1S/C22H31N3O2S.HI/c1-16-4-5-19(21(10-16)27-14-18-6-8-26-13-18)12-25-22(23-3)24-11-17(2)20-7-9-28-15-20;/h4-5,7,9-10,15,17-18H,6,8,11-14H2,1-3H3,(H2,23,24,25);1H. The third-order valence-electron chi connectivity index (χ3n) is 5.08. The predicted octanol–water partition coefficient (Wildman–Crippen LogP) is 4.56. The first-order chi connectivity index (χ1) is 13.7. The fourth-order valence-electron chi connectivity index (χ4n) is 3.19. The van der Waals surface area contributed by atoms with Gasteiger partial charge in [-0.15, -0.1) is 24.0 Å². The van der Waals surface area contributed by atoms with E-state index in [9.17, 15) is 0 Å². The number of rotatable bonds is 8. The Morgan fingerprint density at radius 1 is 1.34 bits per heavy atom. The van der Waals surface area contributed by atoms with Crippen LogP contribution in [0.3, 0.4) is 0 Å². The van der Waals surface area contributed by atoms with E-state index in [1.54, 1.807) is 18.4 Å². The predicted molar refractivity (Wildman–Crippen MR) is 132 cm³/mol. The first-order valence-corrected chi connectivity index (χ1v) is 10.9. The van der Waals surface area contributed by atoms with Gasteiger partial charge in [0.25, 0.3) is 0 Å². The second-order valence-electron chi connectivity index (χ2n) is 7.42. The summed E-state index contributed by atoms with van der Waals surface area (Å²) in [5.74, 6) is 2.69. The average molecular weight is 529 g/mol. The van der Waals surface area contributed by atoms with Crippen LogP contribution in [0.2, 0.25) is 0 Å². The highest BCUT2D eigenvalue weighted by atomic mass is 127. The van der Waals surface area contributed by atoms with Gasteiger partial charge in [-0.25, -0.2) is 0 Å². The van der Waals surface area contributed by atoms with Crippen LogP contribution in [0.15, 0.2) is 40.0 Å². The highest BCUT2D eigenvalue weighted by molar-refractivity contribution is 14.0. The third-order valence-corrected chi connectivity index (χ3v) is 5.78. The number of guanidine groups is 1. The molecule has 2 heterocycles. The molecule has 2 atom stereocenters. The topological polar surface area (TPSA) is 54.9 Å². The normalized spacial score (nSPS) is 17.5. The molecule has 0 spiro atoms. The van der Waals surface area contributed by atoms with Crippen LogP contribution in [0.1, 0.15) is 36.0 Å². The molecule has 1 aromatic heterocycles. The molecule has 0 bridgehead atoms. The quantitative estimate of drug-likeness (QED) is 0.299.